The highest BCUT2D eigenvalue weighted by atomic mass is 16.6. The smallest absolute Gasteiger partial charge is 0.411 e. The number of carbonyl (C=O) groups excluding carboxylic acids is 1. The standard InChI is InChI=1S/C7H10N2O2/c1-2-6(5-8)9-3-4-11-7(9)10/h6H,2-4H2,1H3. The highest BCUT2D eigenvalue weighted by Crippen LogP contribution is 2.10. The number of hydrogen-bond donors (Lipinski definition) is 0. The number of nitrogens with zero attached hydrogens (tertiary/aromatic N) is 2. The Balaban J connectivity index is 2.59. The summed E-state index contributed by atoms with van der Waals surface area (Å²) in [5.41, 5.74) is 0. The van der Waals surface area contributed by atoms with Gasteiger partial charge < -0.3 is 4.74 Å². The molecule has 0 aromatic rings. The predicted octanol–water partition coefficient (Wildman–Crippen LogP) is 0.741. The number of nitriles is 1. The van der Waals surface area contributed by atoms with Crippen molar-refractivity contribution in [3.63, 3.8) is 0 Å². The molecule has 0 aliphatic carbocycles. The van der Waals surface area contributed by atoms with Crippen LogP contribution in [0.3, 0.4) is 0 Å². The quantitative estimate of drug-likeness (QED) is 0.589. The van der Waals surface area contributed by atoms with E-state index < -0.39 is 0 Å². The van der Waals surface area contributed by atoms with E-state index >= 15 is 0 Å². The van der Waals surface area contributed by atoms with Crippen LogP contribution in [0.15, 0.2) is 0 Å². The van der Waals surface area contributed by atoms with E-state index in [1.165, 1.54) is 4.90 Å². The molecule has 1 fully saturated rings. The van der Waals surface area contributed by atoms with Gasteiger partial charge >= 0.3 is 6.09 Å². The van der Waals surface area contributed by atoms with Crippen LogP contribution >= 0.6 is 0 Å². The summed E-state index contributed by atoms with van der Waals surface area (Å²) in [6, 6.07) is 1.73. The van der Waals surface area contributed by atoms with Gasteiger partial charge in [0.1, 0.15) is 12.6 Å². The molecular formula is C7H10N2O2. The Morgan fingerprint density at radius 3 is 3.00 bits per heavy atom. The number of amides is 1. The van der Waals surface area contributed by atoms with Crippen molar-refractivity contribution in [1.82, 2.24) is 4.90 Å². The summed E-state index contributed by atoms with van der Waals surface area (Å²) in [4.78, 5) is 12.3. The Morgan fingerprint density at radius 2 is 2.64 bits per heavy atom. The second-order valence-electron chi connectivity index (χ2n) is 2.36. The fourth-order valence-corrected chi connectivity index (χ4v) is 1.07. The maximum Gasteiger partial charge on any atom is 0.411 e. The third kappa shape index (κ3) is 1.43. The van der Waals surface area contributed by atoms with Gasteiger partial charge in [-0.3, -0.25) is 4.90 Å². The molecule has 0 aromatic carbocycles. The summed E-state index contributed by atoms with van der Waals surface area (Å²) in [6.07, 6.45) is 0.296. The second kappa shape index (κ2) is 3.24. The minimum atomic E-state index is -0.363. The molecule has 1 aliphatic heterocycles. The van der Waals surface area contributed by atoms with Crippen LogP contribution in [-0.2, 0) is 4.74 Å². The summed E-state index contributed by atoms with van der Waals surface area (Å²) >= 11 is 0. The van der Waals surface area contributed by atoms with E-state index in [4.69, 9.17) is 5.26 Å². The summed E-state index contributed by atoms with van der Waals surface area (Å²) in [6.45, 7) is 2.83. The van der Waals surface area contributed by atoms with E-state index in [0.29, 0.717) is 19.6 Å². The minimum Gasteiger partial charge on any atom is -0.447 e. The Bertz CT molecular complexity index is 197. The molecule has 1 unspecified atom stereocenters. The number of ether oxygens (including phenoxy) is 1. The molecule has 1 atom stereocenters. The average molecular weight is 154 g/mol. The van der Waals surface area contributed by atoms with Gasteiger partial charge in [0.25, 0.3) is 0 Å². The molecule has 0 N–H and O–H groups in total. The van der Waals surface area contributed by atoms with Crippen LogP contribution in [0.4, 0.5) is 4.79 Å². The molecule has 1 heterocycles. The van der Waals surface area contributed by atoms with Gasteiger partial charge in [0.05, 0.1) is 12.6 Å². The Labute approximate surface area is 65.4 Å². The molecule has 1 rings (SSSR count). The average Bonchev–Trinajstić information content (AvgIpc) is 2.40. The first-order valence-electron chi connectivity index (χ1n) is 3.62. The first kappa shape index (κ1) is 7.86. The zero-order chi connectivity index (χ0) is 8.27. The number of rotatable bonds is 2. The van der Waals surface area contributed by atoms with Crippen LogP contribution in [-0.4, -0.2) is 30.2 Å². The van der Waals surface area contributed by atoms with Gasteiger partial charge in [-0.15, -0.1) is 0 Å². The summed E-state index contributed by atoms with van der Waals surface area (Å²) in [5, 5.41) is 8.60. The molecule has 0 radical (unpaired) electrons. The molecule has 1 saturated heterocycles. The maximum atomic E-state index is 10.9. The molecule has 11 heavy (non-hydrogen) atoms. The summed E-state index contributed by atoms with van der Waals surface area (Å²) in [5.74, 6) is 0. The lowest BCUT2D eigenvalue weighted by Gasteiger charge is -2.16. The molecule has 0 saturated carbocycles. The van der Waals surface area contributed by atoms with Gasteiger partial charge in [-0.05, 0) is 6.42 Å². The van der Waals surface area contributed by atoms with E-state index in [2.05, 4.69) is 4.74 Å². The Morgan fingerprint density at radius 1 is 1.91 bits per heavy atom. The van der Waals surface area contributed by atoms with Crippen molar-refractivity contribution in [2.75, 3.05) is 13.2 Å². The first-order chi connectivity index (χ1) is 5.29. The van der Waals surface area contributed by atoms with Crippen LogP contribution < -0.4 is 0 Å². The molecule has 0 spiro atoms. The fraction of sp³-hybridized carbons (Fsp3) is 0.714. The van der Waals surface area contributed by atoms with Gasteiger partial charge in [0.2, 0.25) is 0 Å². The lowest BCUT2D eigenvalue weighted by Crippen LogP contribution is -2.34. The monoisotopic (exact) mass is 154 g/mol. The molecule has 4 heteroatoms. The van der Waals surface area contributed by atoms with Gasteiger partial charge in [-0.1, -0.05) is 6.92 Å². The van der Waals surface area contributed by atoms with Crippen molar-refractivity contribution in [3.05, 3.63) is 0 Å². The zero-order valence-corrected chi connectivity index (χ0v) is 6.41. The zero-order valence-electron chi connectivity index (χ0n) is 6.41. The van der Waals surface area contributed by atoms with Crippen LogP contribution in [0.2, 0.25) is 0 Å². The van der Waals surface area contributed by atoms with Crippen LogP contribution in [0.1, 0.15) is 13.3 Å². The van der Waals surface area contributed by atoms with Crippen molar-refractivity contribution < 1.29 is 9.53 Å². The van der Waals surface area contributed by atoms with Crippen LogP contribution in [0.5, 0.6) is 0 Å². The highest BCUT2D eigenvalue weighted by Gasteiger charge is 2.28. The van der Waals surface area contributed by atoms with Crippen molar-refractivity contribution in [3.8, 4) is 6.07 Å². The minimum absolute atomic E-state index is 0.315. The molecule has 60 valence electrons. The molecule has 0 bridgehead atoms. The number of hydrogen-bond acceptors (Lipinski definition) is 3. The third-order valence-corrected chi connectivity index (χ3v) is 1.70. The summed E-state index contributed by atoms with van der Waals surface area (Å²) < 4.78 is 4.69. The first-order valence-corrected chi connectivity index (χ1v) is 3.62. The maximum absolute atomic E-state index is 10.9. The van der Waals surface area contributed by atoms with Crippen LogP contribution in [0, 0.1) is 11.3 Å². The topological polar surface area (TPSA) is 53.3 Å². The molecule has 4 nitrogen and oxygen atoms in total. The van der Waals surface area contributed by atoms with Crippen molar-refractivity contribution in [1.29, 1.82) is 5.26 Å². The fourth-order valence-electron chi connectivity index (χ4n) is 1.07. The van der Waals surface area contributed by atoms with E-state index in [1.54, 1.807) is 0 Å². The van der Waals surface area contributed by atoms with Crippen LogP contribution in [0.25, 0.3) is 0 Å². The molecule has 1 amide bonds. The lowest BCUT2D eigenvalue weighted by molar-refractivity contribution is 0.153. The van der Waals surface area contributed by atoms with Gasteiger partial charge in [0, 0.05) is 0 Å². The SMILES string of the molecule is CCC(C#N)N1CCOC1=O. The molecule has 1 aliphatic rings. The Hall–Kier alpha value is -1.24. The van der Waals surface area contributed by atoms with Crippen molar-refractivity contribution >= 4 is 6.09 Å². The number of cyclic esters (lactones) is 1. The molecule has 0 aromatic heterocycles. The van der Waals surface area contributed by atoms with Gasteiger partial charge in [-0.25, -0.2) is 4.79 Å². The van der Waals surface area contributed by atoms with E-state index in [9.17, 15) is 4.79 Å². The second-order valence-corrected chi connectivity index (χ2v) is 2.36. The van der Waals surface area contributed by atoms with Crippen molar-refractivity contribution in [2.24, 2.45) is 0 Å². The van der Waals surface area contributed by atoms with E-state index in [-0.39, 0.29) is 12.1 Å². The predicted molar refractivity (Wildman–Crippen MR) is 37.7 cm³/mol. The third-order valence-electron chi connectivity index (χ3n) is 1.70. The lowest BCUT2D eigenvalue weighted by atomic mass is 10.2. The van der Waals surface area contributed by atoms with E-state index in [1.807, 2.05) is 13.0 Å². The van der Waals surface area contributed by atoms with E-state index in [0.717, 1.165) is 0 Å². The number of carbonyl (C=O) groups is 1. The van der Waals surface area contributed by atoms with Crippen molar-refractivity contribution in [2.45, 2.75) is 19.4 Å². The highest BCUT2D eigenvalue weighted by molar-refractivity contribution is 5.70. The van der Waals surface area contributed by atoms with Gasteiger partial charge in [-0.2, -0.15) is 5.26 Å². The normalized spacial score (nSPS) is 19.3. The largest absolute Gasteiger partial charge is 0.447 e. The molecular weight excluding hydrogens is 144 g/mol. The van der Waals surface area contributed by atoms with Gasteiger partial charge in [0.15, 0.2) is 0 Å². The summed E-state index contributed by atoms with van der Waals surface area (Å²) in [7, 11) is 0. The Kier molecular flexibility index (Phi) is 2.32.